The van der Waals surface area contributed by atoms with E-state index < -0.39 is 4.92 Å². The van der Waals surface area contributed by atoms with Gasteiger partial charge in [0.1, 0.15) is 0 Å². The van der Waals surface area contributed by atoms with Crippen LogP contribution in [-0.2, 0) is 6.54 Å². The van der Waals surface area contributed by atoms with Crippen molar-refractivity contribution in [3.05, 3.63) is 52.1 Å². The number of hydrogen-bond donors (Lipinski definition) is 3. The molecule has 0 radical (unpaired) electrons. The molecule has 2 aromatic rings. The molecule has 1 aromatic carbocycles. The molecule has 0 amide bonds. The largest absolute Gasteiger partial charge is 0.490 e. The van der Waals surface area contributed by atoms with E-state index in [1.165, 1.54) is 19.4 Å². The van der Waals surface area contributed by atoms with Crippen molar-refractivity contribution in [2.75, 3.05) is 7.11 Å². The van der Waals surface area contributed by atoms with E-state index in [2.05, 4.69) is 20.9 Å². The van der Waals surface area contributed by atoms with Gasteiger partial charge in [0, 0.05) is 12.6 Å². The zero-order valence-corrected chi connectivity index (χ0v) is 13.5. The van der Waals surface area contributed by atoms with Crippen molar-refractivity contribution in [1.29, 1.82) is 0 Å². The summed E-state index contributed by atoms with van der Waals surface area (Å²) >= 11 is 4.79. The summed E-state index contributed by atoms with van der Waals surface area (Å²) in [7, 11) is 1.39. The van der Waals surface area contributed by atoms with Crippen LogP contribution in [0.1, 0.15) is 11.3 Å². The maximum Gasteiger partial charge on any atom is 0.311 e. The fourth-order valence-corrected chi connectivity index (χ4v) is 1.99. The lowest BCUT2D eigenvalue weighted by molar-refractivity contribution is -0.385. The van der Waals surface area contributed by atoms with Crippen molar-refractivity contribution in [3.63, 3.8) is 0 Å². The number of nitro groups is 1. The number of methoxy groups -OCH3 is 1. The van der Waals surface area contributed by atoms with Crippen LogP contribution in [0.5, 0.6) is 5.75 Å². The number of benzene rings is 1. The molecule has 0 aliphatic rings. The molecule has 0 aliphatic heterocycles. The molecule has 24 heavy (non-hydrogen) atoms. The third kappa shape index (κ3) is 4.24. The first kappa shape index (κ1) is 17.3. The van der Waals surface area contributed by atoms with Crippen LogP contribution in [0.15, 0.2) is 35.8 Å². The number of ether oxygens (including phenoxy) is 1. The predicted octanol–water partition coefficient (Wildman–Crippen LogP) is 0.520. The van der Waals surface area contributed by atoms with Crippen LogP contribution in [0.2, 0.25) is 0 Å². The Hall–Kier alpha value is -3.05. The predicted molar refractivity (Wildman–Crippen MR) is 91.6 cm³/mol. The van der Waals surface area contributed by atoms with Crippen molar-refractivity contribution in [3.8, 4) is 5.75 Å². The fourth-order valence-electron chi connectivity index (χ4n) is 1.93. The van der Waals surface area contributed by atoms with Gasteiger partial charge in [-0.05, 0) is 23.8 Å². The summed E-state index contributed by atoms with van der Waals surface area (Å²) in [6.07, 6.45) is 4.70. The summed E-state index contributed by atoms with van der Waals surface area (Å²) < 4.78 is 6.76. The minimum atomic E-state index is -0.483. The fraction of sp³-hybridized carbons (Fsp3) is 0.154. The van der Waals surface area contributed by atoms with Crippen molar-refractivity contribution in [2.45, 2.75) is 6.54 Å². The Labute approximate surface area is 142 Å². The Morgan fingerprint density at radius 1 is 1.62 bits per heavy atom. The Kier molecular flexibility index (Phi) is 5.76. The number of hydrogen-bond acceptors (Lipinski definition) is 7. The van der Waals surface area contributed by atoms with Gasteiger partial charge in [-0.1, -0.05) is 6.07 Å². The van der Waals surface area contributed by atoms with Gasteiger partial charge in [-0.2, -0.15) is 5.10 Å². The van der Waals surface area contributed by atoms with E-state index in [1.807, 2.05) is 0 Å². The number of nitrogens with two attached hydrogens (primary N) is 1. The Morgan fingerprint density at radius 3 is 3.08 bits per heavy atom. The maximum absolute atomic E-state index is 11.1. The number of imidazole rings is 1. The molecule has 11 heteroatoms. The highest BCUT2D eigenvalue weighted by molar-refractivity contribution is 7.80. The van der Waals surface area contributed by atoms with Gasteiger partial charge in [-0.15, -0.1) is 0 Å². The summed E-state index contributed by atoms with van der Waals surface area (Å²) in [6.45, 7) is 0.381. The molecule has 0 fully saturated rings. The van der Waals surface area contributed by atoms with Gasteiger partial charge in [0.25, 0.3) is 0 Å². The smallest absolute Gasteiger partial charge is 0.311 e. The molecule has 0 aliphatic carbocycles. The minimum Gasteiger partial charge on any atom is -0.490 e. The summed E-state index contributed by atoms with van der Waals surface area (Å²) in [4.78, 5) is 14.6. The van der Waals surface area contributed by atoms with E-state index in [0.717, 1.165) is 5.56 Å². The molecule has 0 saturated heterocycles. The number of hydrazine groups is 1. The summed E-state index contributed by atoms with van der Waals surface area (Å²) in [5.74, 6) is 5.33. The van der Waals surface area contributed by atoms with Gasteiger partial charge in [0.05, 0.1) is 36.5 Å². The number of thiocarbonyl (C=S) groups is 1. The molecular weight excluding hydrogens is 334 g/mol. The number of rotatable bonds is 6. The van der Waals surface area contributed by atoms with E-state index in [9.17, 15) is 10.1 Å². The van der Waals surface area contributed by atoms with Crippen LogP contribution in [0.25, 0.3) is 0 Å². The number of nitrogens with zero attached hydrogens (tertiary/aromatic N) is 4. The van der Waals surface area contributed by atoms with E-state index in [-0.39, 0.29) is 16.5 Å². The molecule has 0 unspecified atom stereocenters. The molecule has 1 aromatic heterocycles. The van der Waals surface area contributed by atoms with Gasteiger partial charge in [0.15, 0.2) is 5.75 Å². The third-order valence-corrected chi connectivity index (χ3v) is 3.24. The lowest BCUT2D eigenvalue weighted by Crippen LogP contribution is -2.37. The van der Waals surface area contributed by atoms with Crippen LogP contribution < -0.4 is 21.4 Å². The first-order chi connectivity index (χ1) is 11.5. The van der Waals surface area contributed by atoms with Gasteiger partial charge in [-0.3, -0.25) is 21.0 Å². The van der Waals surface area contributed by atoms with Gasteiger partial charge in [-0.25, -0.2) is 10.8 Å². The van der Waals surface area contributed by atoms with E-state index in [0.29, 0.717) is 12.2 Å². The minimum absolute atomic E-state index is 0.0913. The van der Waals surface area contributed by atoms with E-state index in [4.69, 9.17) is 22.8 Å². The second-order valence-electron chi connectivity index (χ2n) is 4.55. The molecule has 0 bridgehead atoms. The molecule has 0 atom stereocenters. The average Bonchev–Trinajstić information content (AvgIpc) is 3.01. The second kappa shape index (κ2) is 7.99. The maximum atomic E-state index is 11.1. The highest BCUT2D eigenvalue weighted by atomic mass is 32.1. The van der Waals surface area contributed by atoms with Gasteiger partial charge in [0.2, 0.25) is 5.11 Å². The Bertz CT molecular complexity index is 775. The standard InChI is InChI=1S/C13H15N7O3S/c1-23-12-3-2-9(4-11(12)20(21)22)7-19-8-15-5-10(19)6-16-18-13(24)17-14/h2-6,8H,7,14H2,1H3,(H2,17,18,24)/b16-6+. The molecule has 2 rings (SSSR count). The highest BCUT2D eigenvalue weighted by Gasteiger charge is 2.15. The number of nitro benzene ring substituents is 1. The normalized spacial score (nSPS) is 10.6. The topological polar surface area (TPSA) is 133 Å². The van der Waals surface area contributed by atoms with Crippen LogP contribution >= 0.6 is 12.2 Å². The lowest BCUT2D eigenvalue weighted by Gasteiger charge is -2.07. The van der Waals surface area contributed by atoms with Crippen molar-refractivity contribution in [1.82, 2.24) is 20.4 Å². The van der Waals surface area contributed by atoms with Crippen molar-refractivity contribution in [2.24, 2.45) is 10.9 Å². The van der Waals surface area contributed by atoms with Crippen LogP contribution in [0.4, 0.5) is 5.69 Å². The van der Waals surface area contributed by atoms with E-state index >= 15 is 0 Å². The summed E-state index contributed by atoms with van der Waals surface area (Å²) in [5.41, 5.74) is 6.07. The van der Waals surface area contributed by atoms with Gasteiger partial charge < -0.3 is 9.30 Å². The van der Waals surface area contributed by atoms with Crippen molar-refractivity contribution < 1.29 is 9.66 Å². The second-order valence-corrected chi connectivity index (χ2v) is 4.96. The number of hydrazone groups is 1. The number of nitrogens with one attached hydrogen (secondary N) is 2. The summed E-state index contributed by atoms with van der Waals surface area (Å²) in [6, 6.07) is 4.77. The Morgan fingerprint density at radius 2 is 2.42 bits per heavy atom. The lowest BCUT2D eigenvalue weighted by atomic mass is 10.2. The van der Waals surface area contributed by atoms with Crippen LogP contribution in [0, 0.1) is 10.1 Å². The van der Waals surface area contributed by atoms with Crippen LogP contribution in [-0.4, -0.2) is 32.9 Å². The number of aromatic nitrogens is 2. The van der Waals surface area contributed by atoms with Crippen LogP contribution in [0.3, 0.4) is 0 Å². The van der Waals surface area contributed by atoms with Gasteiger partial charge >= 0.3 is 5.69 Å². The van der Waals surface area contributed by atoms with Crippen molar-refractivity contribution >= 4 is 29.2 Å². The van der Waals surface area contributed by atoms with E-state index in [1.54, 1.807) is 29.2 Å². The average molecular weight is 349 g/mol. The molecule has 1 heterocycles. The quantitative estimate of drug-likeness (QED) is 0.226. The first-order valence-electron chi connectivity index (χ1n) is 6.66. The summed E-state index contributed by atoms with van der Waals surface area (Å²) in [5, 5.41) is 15.2. The molecule has 0 saturated carbocycles. The highest BCUT2D eigenvalue weighted by Crippen LogP contribution is 2.27. The molecule has 4 N–H and O–H groups in total. The third-order valence-electron chi connectivity index (χ3n) is 3.03. The SMILES string of the molecule is COc1ccc(Cn2cncc2/C=N/NC(=S)NN)cc1[N+](=O)[O-]. The molecule has 0 spiro atoms. The Balaban J connectivity index is 2.18. The molecular formula is C13H15N7O3S. The zero-order valence-electron chi connectivity index (χ0n) is 12.7. The zero-order chi connectivity index (χ0) is 17.5. The molecule has 126 valence electrons. The first-order valence-corrected chi connectivity index (χ1v) is 7.07. The monoisotopic (exact) mass is 349 g/mol. The molecule has 10 nitrogen and oxygen atoms in total.